The average Bonchev–Trinajstić information content (AvgIpc) is 3.00. The van der Waals surface area contributed by atoms with Gasteiger partial charge in [0, 0.05) is 11.8 Å². The zero-order chi connectivity index (χ0) is 11.7. The molecule has 0 atom stereocenters. The number of aryl methyl sites for hydroxylation is 1. The van der Waals surface area contributed by atoms with Crippen LogP contribution in [0.5, 0.6) is 0 Å². The summed E-state index contributed by atoms with van der Waals surface area (Å²) in [6.45, 7) is 2.07. The van der Waals surface area contributed by atoms with Crippen molar-refractivity contribution in [3.8, 4) is 22.6 Å². The molecule has 2 heterocycles. The number of hydrogen-bond acceptors (Lipinski definition) is 2. The van der Waals surface area contributed by atoms with Gasteiger partial charge in [-0.2, -0.15) is 5.10 Å². The maximum atomic E-state index is 5.79. The minimum atomic E-state index is 0.828. The van der Waals surface area contributed by atoms with Crippen LogP contribution < -0.4 is 0 Å². The number of rotatable bonds is 2. The van der Waals surface area contributed by atoms with E-state index in [2.05, 4.69) is 41.4 Å². The molecular formula is C14H12N2O. The van der Waals surface area contributed by atoms with Crippen molar-refractivity contribution in [1.29, 1.82) is 0 Å². The van der Waals surface area contributed by atoms with Crippen molar-refractivity contribution < 1.29 is 4.42 Å². The monoisotopic (exact) mass is 224 g/mol. The number of aromatic amines is 1. The predicted molar refractivity (Wildman–Crippen MR) is 66.5 cm³/mol. The first-order chi connectivity index (χ1) is 8.33. The van der Waals surface area contributed by atoms with Gasteiger partial charge < -0.3 is 4.42 Å². The molecule has 3 aromatic rings. The molecule has 0 unspecified atom stereocenters. The first-order valence-corrected chi connectivity index (χ1v) is 5.49. The van der Waals surface area contributed by atoms with Gasteiger partial charge in [0.1, 0.15) is 11.5 Å². The van der Waals surface area contributed by atoms with Gasteiger partial charge in [0.05, 0.1) is 11.8 Å². The van der Waals surface area contributed by atoms with Gasteiger partial charge in [-0.05, 0) is 19.1 Å². The minimum absolute atomic E-state index is 0.828. The van der Waals surface area contributed by atoms with Gasteiger partial charge in [0.25, 0.3) is 0 Å². The molecule has 3 heteroatoms. The first kappa shape index (κ1) is 9.90. The molecule has 0 fully saturated rings. The van der Waals surface area contributed by atoms with Crippen molar-refractivity contribution in [3.63, 3.8) is 0 Å². The van der Waals surface area contributed by atoms with Crippen molar-refractivity contribution in [2.75, 3.05) is 0 Å². The lowest BCUT2D eigenvalue weighted by Gasteiger charge is -1.97. The zero-order valence-corrected chi connectivity index (χ0v) is 9.47. The minimum Gasteiger partial charge on any atom is -0.456 e. The molecule has 0 saturated carbocycles. The van der Waals surface area contributed by atoms with E-state index >= 15 is 0 Å². The van der Waals surface area contributed by atoms with E-state index in [1.807, 2.05) is 18.3 Å². The summed E-state index contributed by atoms with van der Waals surface area (Å²) in [6.07, 6.45) is 3.56. The third kappa shape index (κ3) is 1.87. The number of H-pyrrole nitrogens is 1. The lowest BCUT2D eigenvalue weighted by atomic mass is 10.1. The van der Waals surface area contributed by atoms with Crippen LogP contribution >= 0.6 is 0 Å². The molecule has 0 aliphatic carbocycles. The highest BCUT2D eigenvalue weighted by Crippen LogP contribution is 2.27. The molecule has 1 aromatic carbocycles. The van der Waals surface area contributed by atoms with Gasteiger partial charge in [-0.25, -0.2) is 0 Å². The normalized spacial score (nSPS) is 10.6. The highest BCUT2D eigenvalue weighted by molar-refractivity contribution is 5.64. The quantitative estimate of drug-likeness (QED) is 0.722. The van der Waals surface area contributed by atoms with Gasteiger partial charge in [0.2, 0.25) is 0 Å². The van der Waals surface area contributed by atoms with Crippen LogP contribution in [0, 0.1) is 6.92 Å². The van der Waals surface area contributed by atoms with Crippen LogP contribution in [0.3, 0.4) is 0 Å². The summed E-state index contributed by atoms with van der Waals surface area (Å²) in [7, 11) is 0. The number of furan rings is 1. The van der Waals surface area contributed by atoms with Crippen molar-refractivity contribution in [2.45, 2.75) is 6.92 Å². The third-order valence-electron chi connectivity index (χ3n) is 2.72. The van der Waals surface area contributed by atoms with E-state index in [0.717, 1.165) is 22.6 Å². The van der Waals surface area contributed by atoms with E-state index < -0.39 is 0 Å². The maximum Gasteiger partial charge on any atom is 0.137 e. The number of hydrogen-bond donors (Lipinski definition) is 1. The maximum absolute atomic E-state index is 5.79. The van der Waals surface area contributed by atoms with Crippen molar-refractivity contribution in [1.82, 2.24) is 10.2 Å². The van der Waals surface area contributed by atoms with Gasteiger partial charge in [-0.3, -0.25) is 5.10 Å². The van der Waals surface area contributed by atoms with Gasteiger partial charge in [-0.1, -0.05) is 29.8 Å². The summed E-state index contributed by atoms with van der Waals surface area (Å²) in [5.74, 6) is 1.70. The van der Waals surface area contributed by atoms with E-state index in [-0.39, 0.29) is 0 Å². The predicted octanol–water partition coefficient (Wildman–Crippen LogP) is 3.65. The van der Waals surface area contributed by atoms with Crippen LogP contribution in [0.2, 0.25) is 0 Å². The van der Waals surface area contributed by atoms with Crippen molar-refractivity contribution in [3.05, 3.63) is 54.4 Å². The van der Waals surface area contributed by atoms with Crippen LogP contribution in [-0.4, -0.2) is 10.2 Å². The summed E-state index contributed by atoms with van der Waals surface area (Å²) in [5.41, 5.74) is 3.30. The molecule has 0 saturated heterocycles. The Morgan fingerprint density at radius 2 is 1.65 bits per heavy atom. The molecule has 1 N–H and O–H groups in total. The molecule has 3 nitrogen and oxygen atoms in total. The van der Waals surface area contributed by atoms with Crippen LogP contribution in [-0.2, 0) is 0 Å². The summed E-state index contributed by atoms with van der Waals surface area (Å²) in [4.78, 5) is 0. The topological polar surface area (TPSA) is 41.8 Å². The lowest BCUT2D eigenvalue weighted by Crippen LogP contribution is -1.74. The number of benzene rings is 1. The molecule has 84 valence electrons. The molecule has 17 heavy (non-hydrogen) atoms. The van der Waals surface area contributed by atoms with Crippen molar-refractivity contribution in [2.24, 2.45) is 0 Å². The Morgan fingerprint density at radius 1 is 0.941 bits per heavy atom. The summed E-state index contributed by atoms with van der Waals surface area (Å²) in [6, 6.07) is 12.2. The van der Waals surface area contributed by atoms with E-state index in [4.69, 9.17) is 4.42 Å². The Labute approximate surface area is 99.1 Å². The third-order valence-corrected chi connectivity index (χ3v) is 2.72. The Hall–Kier alpha value is -2.29. The summed E-state index contributed by atoms with van der Waals surface area (Å²) < 4.78 is 5.79. The van der Waals surface area contributed by atoms with E-state index in [1.54, 1.807) is 6.20 Å². The lowest BCUT2D eigenvalue weighted by molar-refractivity contribution is 0.597. The van der Waals surface area contributed by atoms with E-state index in [0.29, 0.717) is 0 Å². The fourth-order valence-corrected chi connectivity index (χ4v) is 1.75. The Kier molecular flexibility index (Phi) is 2.29. The van der Waals surface area contributed by atoms with E-state index in [1.165, 1.54) is 5.56 Å². The molecule has 0 bridgehead atoms. The molecule has 0 radical (unpaired) electrons. The molecule has 0 spiro atoms. The first-order valence-electron chi connectivity index (χ1n) is 5.49. The molecular weight excluding hydrogens is 212 g/mol. The highest BCUT2D eigenvalue weighted by atomic mass is 16.3. The van der Waals surface area contributed by atoms with Crippen LogP contribution in [0.15, 0.2) is 53.2 Å². The van der Waals surface area contributed by atoms with Crippen LogP contribution in [0.4, 0.5) is 0 Å². The van der Waals surface area contributed by atoms with Crippen LogP contribution in [0.1, 0.15) is 5.56 Å². The Morgan fingerprint density at radius 3 is 2.29 bits per heavy atom. The fraction of sp³-hybridized carbons (Fsp3) is 0.0714. The molecule has 3 rings (SSSR count). The molecule has 0 aliphatic heterocycles. The van der Waals surface area contributed by atoms with Gasteiger partial charge in [0.15, 0.2) is 0 Å². The summed E-state index contributed by atoms with van der Waals surface area (Å²) >= 11 is 0. The fourth-order valence-electron chi connectivity index (χ4n) is 1.75. The smallest absolute Gasteiger partial charge is 0.137 e. The number of aromatic nitrogens is 2. The SMILES string of the molecule is Cc1ccc(-c2ccc(-c3cn[nH]c3)o2)cc1. The number of nitrogens with one attached hydrogen (secondary N) is 1. The largest absolute Gasteiger partial charge is 0.456 e. The Balaban J connectivity index is 1.98. The second-order valence-corrected chi connectivity index (χ2v) is 4.02. The molecule has 0 aliphatic rings. The van der Waals surface area contributed by atoms with E-state index in [9.17, 15) is 0 Å². The van der Waals surface area contributed by atoms with Gasteiger partial charge >= 0.3 is 0 Å². The highest BCUT2D eigenvalue weighted by Gasteiger charge is 2.06. The number of nitrogens with zero attached hydrogens (tertiary/aromatic N) is 1. The Bertz CT molecular complexity index is 606. The standard InChI is InChI=1S/C14H12N2O/c1-10-2-4-11(5-3-10)13-6-7-14(17-13)12-8-15-16-9-12/h2-9H,1H3,(H,15,16). The zero-order valence-electron chi connectivity index (χ0n) is 9.47. The second kappa shape index (κ2) is 3.94. The second-order valence-electron chi connectivity index (χ2n) is 4.02. The average molecular weight is 224 g/mol. The van der Waals surface area contributed by atoms with Crippen molar-refractivity contribution >= 4 is 0 Å². The molecule has 2 aromatic heterocycles. The van der Waals surface area contributed by atoms with Crippen LogP contribution in [0.25, 0.3) is 22.6 Å². The molecule has 0 amide bonds. The summed E-state index contributed by atoms with van der Waals surface area (Å²) in [5, 5.41) is 6.68. The van der Waals surface area contributed by atoms with Gasteiger partial charge in [-0.15, -0.1) is 0 Å².